The molecule has 136 valence electrons. The number of imide groups is 1. The van der Waals surface area contributed by atoms with Crippen LogP contribution in [0.1, 0.15) is 20.7 Å². The molecule has 0 atom stereocenters. The molecule has 0 spiro atoms. The van der Waals surface area contributed by atoms with Gasteiger partial charge in [-0.15, -0.1) is 0 Å². The zero-order valence-electron chi connectivity index (χ0n) is 14.1. The largest absolute Gasteiger partial charge is 0.353 e. The molecule has 3 heterocycles. The summed E-state index contributed by atoms with van der Waals surface area (Å²) in [6, 6.07) is 8.23. The molecule has 1 aliphatic heterocycles. The minimum atomic E-state index is -0.589. The number of fused-ring (bicyclic) bond motifs is 10. The number of hydrogen-bond donors (Lipinski definition) is 3. The molecule has 0 saturated heterocycles. The molecule has 0 fully saturated rings. The monoisotopic (exact) mass is 376 g/mol. The van der Waals surface area contributed by atoms with Gasteiger partial charge in [0, 0.05) is 27.1 Å². The lowest BCUT2D eigenvalue weighted by Gasteiger charge is -2.04. The van der Waals surface area contributed by atoms with Gasteiger partial charge < -0.3 is 10.8 Å². The predicted octanol–water partition coefficient (Wildman–Crippen LogP) is 3.30. The number of nitrogens with two attached hydrogens (primary N) is 1. The topological polar surface area (TPSA) is 92.9 Å². The molecule has 1 aliphatic rings. The van der Waals surface area contributed by atoms with E-state index in [4.69, 9.17) is 5.84 Å². The molecule has 8 heteroatoms. The Labute approximate surface area is 154 Å². The molecular weight excluding hydrogens is 366 g/mol. The first-order chi connectivity index (χ1) is 13.5. The Morgan fingerprint density at radius 1 is 0.857 bits per heavy atom. The van der Waals surface area contributed by atoms with Crippen molar-refractivity contribution in [2.75, 3.05) is 5.84 Å². The minimum absolute atomic E-state index is 0.123. The molecule has 0 radical (unpaired) electrons. The molecule has 4 N–H and O–H groups in total. The number of aromatic amines is 1. The van der Waals surface area contributed by atoms with Gasteiger partial charge in [-0.25, -0.2) is 8.78 Å². The average Bonchev–Trinajstić information content (AvgIpc) is 3.25. The van der Waals surface area contributed by atoms with Gasteiger partial charge in [-0.1, -0.05) is 0 Å². The van der Waals surface area contributed by atoms with E-state index in [2.05, 4.69) is 10.3 Å². The van der Waals surface area contributed by atoms with E-state index in [1.807, 2.05) is 0 Å². The number of nitrogens with zero attached hydrogens (tertiary/aromatic N) is 1. The fraction of sp³-hybridized carbons (Fsp3) is 0. The highest BCUT2D eigenvalue weighted by Gasteiger charge is 2.35. The van der Waals surface area contributed by atoms with Crippen molar-refractivity contribution in [1.29, 1.82) is 0 Å². The van der Waals surface area contributed by atoms with Crippen molar-refractivity contribution in [3.8, 4) is 0 Å². The average molecular weight is 376 g/mol. The van der Waals surface area contributed by atoms with Crippen LogP contribution in [0.25, 0.3) is 43.6 Å². The first kappa shape index (κ1) is 15.2. The summed E-state index contributed by atoms with van der Waals surface area (Å²) in [5, 5.41) is 3.98. The molecular formula is C20H10F2N4O2. The lowest BCUT2D eigenvalue weighted by Crippen LogP contribution is -2.20. The molecule has 6 rings (SSSR count). The lowest BCUT2D eigenvalue weighted by molar-refractivity contribution is 0.0880. The summed E-state index contributed by atoms with van der Waals surface area (Å²) in [7, 11) is 0. The number of aromatic nitrogens is 2. The summed E-state index contributed by atoms with van der Waals surface area (Å²) >= 11 is 0. The molecule has 0 bridgehead atoms. The summed E-state index contributed by atoms with van der Waals surface area (Å²) in [6.45, 7) is 0. The molecule has 2 aromatic heterocycles. The quantitative estimate of drug-likeness (QED) is 0.286. The van der Waals surface area contributed by atoms with Gasteiger partial charge in [0.05, 0.1) is 27.7 Å². The van der Waals surface area contributed by atoms with Crippen LogP contribution < -0.4 is 11.2 Å². The summed E-state index contributed by atoms with van der Waals surface area (Å²) < 4.78 is 29.2. The van der Waals surface area contributed by atoms with Crippen molar-refractivity contribution >= 4 is 55.4 Å². The van der Waals surface area contributed by atoms with E-state index in [9.17, 15) is 18.4 Å². The van der Waals surface area contributed by atoms with E-state index in [-0.39, 0.29) is 11.1 Å². The smallest absolute Gasteiger partial charge is 0.259 e. The summed E-state index contributed by atoms with van der Waals surface area (Å²) in [6.07, 6.45) is 0. The second-order valence-electron chi connectivity index (χ2n) is 6.85. The first-order valence-electron chi connectivity index (χ1n) is 8.47. The van der Waals surface area contributed by atoms with E-state index in [0.717, 1.165) is 0 Å². The van der Waals surface area contributed by atoms with Gasteiger partial charge in [0.25, 0.3) is 11.8 Å². The normalized spacial score (nSPS) is 13.9. The van der Waals surface area contributed by atoms with Gasteiger partial charge in [0.15, 0.2) is 0 Å². The number of halogens is 2. The third-order valence-electron chi connectivity index (χ3n) is 5.39. The molecule has 0 unspecified atom stereocenters. The Balaban J connectivity index is 2.03. The van der Waals surface area contributed by atoms with Crippen molar-refractivity contribution in [2.45, 2.75) is 0 Å². The maximum Gasteiger partial charge on any atom is 0.259 e. The minimum Gasteiger partial charge on any atom is -0.353 e. The molecule has 0 saturated carbocycles. The second-order valence-corrected chi connectivity index (χ2v) is 6.85. The van der Waals surface area contributed by atoms with Gasteiger partial charge in [0.1, 0.15) is 11.6 Å². The fourth-order valence-electron chi connectivity index (χ4n) is 4.32. The Kier molecular flexibility index (Phi) is 2.52. The number of hydrogen-bond acceptors (Lipinski definition) is 3. The Bertz CT molecular complexity index is 1560. The van der Waals surface area contributed by atoms with Crippen LogP contribution >= 0.6 is 0 Å². The van der Waals surface area contributed by atoms with E-state index in [1.165, 1.54) is 35.0 Å². The first-order valence-corrected chi connectivity index (χ1v) is 8.47. The number of H-pyrrole nitrogens is 1. The SMILES string of the molecule is Nn1c2ccc(F)cc2c2c3c(c4c5cc(F)ccc5[nH]c4c21)C(=O)NC3=O. The number of nitrogen functional groups attached to an aromatic ring is 1. The van der Waals surface area contributed by atoms with Gasteiger partial charge in [-0.2, -0.15) is 0 Å². The van der Waals surface area contributed by atoms with Crippen molar-refractivity contribution in [2.24, 2.45) is 0 Å². The zero-order valence-corrected chi connectivity index (χ0v) is 14.1. The highest BCUT2D eigenvalue weighted by molar-refractivity contribution is 6.39. The van der Waals surface area contributed by atoms with Crippen molar-refractivity contribution in [3.05, 3.63) is 59.2 Å². The Morgan fingerprint density at radius 3 is 2.25 bits per heavy atom. The number of carbonyl (C=O) groups is 2. The van der Waals surface area contributed by atoms with Crippen LogP contribution in [-0.4, -0.2) is 21.5 Å². The van der Waals surface area contributed by atoms with Crippen LogP contribution in [0.5, 0.6) is 0 Å². The summed E-state index contributed by atoms with van der Waals surface area (Å²) in [5.74, 6) is 4.18. The maximum atomic E-state index is 14.0. The second kappa shape index (κ2) is 4.66. The van der Waals surface area contributed by atoms with Gasteiger partial charge >= 0.3 is 0 Å². The van der Waals surface area contributed by atoms with Gasteiger partial charge in [-0.3, -0.25) is 19.6 Å². The predicted molar refractivity (Wildman–Crippen MR) is 101 cm³/mol. The Hall–Kier alpha value is -3.94. The summed E-state index contributed by atoms with van der Waals surface area (Å²) in [4.78, 5) is 28.4. The number of nitrogens with one attached hydrogen (secondary N) is 2. The highest BCUT2D eigenvalue weighted by atomic mass is 19.1. The number of amides is 2. The number of rotatable bonds is 0. The van der Waals surface area contributed by atoms with E-state index in [0.29, 0.717) is 43.6 Å². The fourth-order valence-corrected chi connectivity index (χ4v) is 4.32. The third-order valence-corrected chi connectivity index (χ3v) is 5.39. The van der Waals surface area contributed by atoms with Crippen LogP contribution in [0.3, 0.4) is 0 Å². The molecule has 6 nitrogen and oxygen atoms in total. The van der Waals surface area contributed by atoms with E-state index < -0.39 is 23.4 Å². The molecule has 28 heavy (non-hydrogen) atoms. The highest BCUT2D eigenvalue weighted by Crippen LogP contribution is 2.42. The van der Waals surface area contributed by atoms with Gasteiger partial charge in [0.2, 0.25) is 0 Å². The third kappa shape index (κ3) is 1.61. The molecule has 0 aliphatic carbocycles. The van der Waals surface area contributed by atoms with E-state index in [1.54, 1.807) is 6.07 Å². The van der Waals surface area contributed by atoms with Crippen molar-refractivity contribution < 1.29 is 18.4 Å². The van der Waals surface area contributed by atoms with Gasteiger partial charge in [-0.05, 0) is 36.4 Å². The van der Waals surface area contributed by atoms with Crippen molar-refractivity contribution in [3.63, 3.8) is 0 Å². The zero-order chi connectivity index (χ0) is 19.3. The number of benzene rings is 3. The lowest BCUT2D eigenvalue weighted by atomic mass is 9.96. The van der Waals surface area contributed by atoms with Crippen LogP contribution in [0.2, 0.25) is 0 Å². The van der Waals surface area contributed by atoms with E-state index >= 15 is 0 Å². The molecule has 5 aromatic rings. The molecule has 2 amide bonds. The summed E-state index contributed by atoms with van der Waals surface area (Å²) in [5.41, 5.74) is 2.28. The molecule has 3 aromatic carbocycles. The Morgan fingerprint density at radius 2 is 1.50 bits per heavy atom. The van der Waals surface area contributed by atoms with Crippen LogP contribution in [0, 0.1) is 11.6 Å². The van der Waals surface area contributed by atoms with Crippen LogP contribution in [-0.2, 0) is 0 Å². The van der Waals surface area contributed by atoms with Crippen LogP contribution in [0.15, 0.2) is 36.4 Å². The van der Waals surface area contributed by atoms with Crippen LogP contribution in [0.4, 0.5) is 8.78 Å². The standard InChI is InChI=1S/C20H10F2N4O2/c21-7-1-3-11-9(5-7)13-15-16(20(28)25-19(15)27)14-10-6-8(22)2-4-12(10)26(23)18(14)17(13)24-11/h1-6,24H,23H2,(H,25,27,28). The maximum absolute atomic E-state index is 14.0. The number of carbonyl (C=O) groups excluding carboxylic acids is 2. The van der Waals surface area contributed by atoms with Crippen molar-refractivity contribution in [1.82, 2.24) is 15.0 Å².